The third-order valence-corrected chi connectivity index (χ3v) is 3.98. The molecule has 2 aromatic rings. The van der Waals surface area contributed by atoms with Gasteiger partial charge in [-0.2, -0.15) is 5.10 Å². The second kappa shape index (κ2) is 5.57. The highest BCUT2D eigenvalue weighted by Gasteiger charge is 2.39. The smallest absolute Gasteiger partial charge is 0.324 e. The van der Waals surface area contributed by atoms with Crippen molar-refractivity contribution in [2.75, 3.05) is 6.54 Å². The first-order chi connectivity index (χ1) is 10.5. The molecular weight excluding hydrogens is 306 g/mol. The lowest BCUT2D eigenvalue weighted by atomic mass is 10.1. The number of imide groups is 1. The molecule has 2 aromatic heterocycles. The van der Waals surface area contributed by atoms with Gasteiger partial charge in [-0.3, -0.25) is 9.69 Å². The molecule has 1 saturated heterocycles. The lowest BCUT2D eigenvalue weighted by Gasteiger charge is -2.14. The highest BCUT2D eigenvalue weighted by atomic mass is 35.5. The van der Waals surface area contributed by atoms with Gasteiger partial charge in [-0.1, -0.05) is 25.4 Å². The Kier molecular flexibility index (Phi) is 3.74. The van der Waals surface area contributed by atoms with Gasteiger partial charge in [0.05, 0.1) is 6.20 Å². The van der Waals surface area contributed by atoms with E-state index in [4.69, 9.17) is 11.6 Å². The molecule has 0 aromatic carbocycles. The van der Waals surface area contributed by atoms with Crippen molar-refractivity contribution in [3.05, 3.63) is 29.2 Å². The van der Waals surface area contributed by atoms with E-state index >= 15 is 0 Å². The van der Waals surface area contributed by atoms with Crippen LogP contribution in [-0.2, 0) is 11.2 Å². The number of amides is 3. The summed E-state index contributed by atoms with van der Waals surface area (Å²) in [6, 6.07) is -0.766. The lowest BCUT2D eigenvalue weighted by molar-refractivity contribution is -0.128. The number of aromatic nitrogens is 3. The number of nitrogens with zero attached hydrogens (tertiary/aromatic N) is 4. The van der Waals surface area contributed by atoms with Gasteiger partial charge in [0.15, 0.2) is 5.65 Å². The maximum absolute atomic E-state index is 12.2. The van der Waals surface area contributed by atoms with Crippen molar-refractivity contribution >= 4 is 29.2 Å². The molecular formula is C14H16ClN5O2. The molecule has 7 nitrogen and oxygen atoms in total. The van der Waals surface area contributed by atoms with Gasteiger partial charge in [-0.05, 0) is 17.9 Å². The Hall–Kier alpha value is -2.15. The zero-order valence-electron chi connectivity index (χ0n) is 12.3. The van der Waals surface area contributed by atoms with Crippen LogP contribution in [-0.4, -0.2) is 44.0 Å². The van der Waals surface area contributed by atoms with Crippen LogP contribution in [0.4, 0.5) is 4.79 Å². The van der Waals surface area contributed by atoms with Crippen LogP contribution in [0.25, 0.3) is 5.65 Å². The third-order valence-electron chi connectivity index (χ3n) is 3.71. The molecule has 0 unspecified atom stereocenters. The van der Waals surface area contributed by atoms with Crippen molar-refractivity contribution in [3.63, 3.8) is 0 Å². The predicted octanol–water partition coefficient (Wildman–Crippen LogP) is 1.50. The van der Waals surface area contributed by atoms with Crippen LogP contribution in [0.1, 0.15) is 19.4 Å². The Bertz CT molecular complexity index is 742. The molecule has 0 radical (unpaired) electrons. The van der Waals surface area contributed by atoms with Crippen LogP contribution in [0.3, 0.4) is 0 Å². The molecule has 3 heterocycles. The molecule has 1 N–H and O–H groups in total. The Labute approximate surface area is 132 Å². The first kappa shape index (κ1) is 14.8. The predicted molar refractivity (Wildman–Crippen MR) is 80.6 cm³/mol. The molecule has 1 fully saturated rings. The molecule has 116 valence electrons. The number of hydrogen-bond acceptors (Lipinski definition) is 4. The van der Waals surface area contributed by atoms with Crippen LogP contribution >= 0.6 is 11.6 Å². The summed E-state index contributed by atoms with van der Waals surface area (Å²) in [6.45, 7) is 4.13. The number of nitrogens with one attached hydrogen (secondary N) is 1. The monoisotopic (exact) mass is 321 g/mol. The van der Waals surface area contributed by atoms with Gasteiger partial charge < -0.3 is 5.32 Å². The SMILES string of the molecule is CC(C)[C@@H]1NC(=O)N(CCc2cnc3c(Cl)cnn3c2)C1=O. The molecule has 0 aliphatic carbocycles. The lowest BCUT2D eigenvalue weighted by Crippen LogP contribution is -2.35. The van der Waals surface area contributed by atoms with Crippen LogP contribution in [0.15, 0.2) is 18.6 Å². The van der Waals surface area contributed by atoms with E-state index in [-0.39, 0.29) is 17.9 Å². The molecule has 0 spiro atoms. The number of carbonyl (C=O) groups excluding carboxylic acids is 2. The largest absolute Gasteiger partial charge is 0.326 e. The highest BCUT2D eigenvalue weighted by molar-refractivity contribution is 6.33. The van der Waals surface area contributed by atoms with E-state index < -0.39 is 6.04 Å². The molecule has 1 aliphatic heterocycles. The molecule has 22 heavy (non-hydrogen) atoms. The second-order valence-electron chi connectivity index (χ2n) is 5.63. The van der Waals surface area contributed by atoms with E-state index in [1.54, 1.807) is 16.9 Å². The van der Waals surface area contributed by atoms with E-state index in [1.165, 1.54) is 11.1 Å². The van der Waals surface area contributed by atoms with Crippen molar-refractivity contribution in [3.8, 4) is 0 Å². The van der Waals surface area contributed by atoms with Crippen molar-refractivity contribution in [2.24, 2.45) is 5.92 Å². The minimum Gasteiger partial charge on any atom is -0.326 e. The van der Waals surface area contributed by atoms with Crippen LogP contribution in [0.2, 0.25) is 5.02 Å². The van der Waals surface area contributed by atoms with Crippen LogP contribution in [0, 0.1) is 5.92 Å². The molecule has 3 rings (SSSR count). The summed E-state index contributed by atoms with van der Waals surface area (Å²) in [4.78, 5) is 29.6. The summed E-state index contributed by atoms with van der Waals surface area (Å²) in [6.07, 6.45) is 5.52. The number of carbonyl (C=O) groups is 2. The summed E-state index contributed by atoms with van der Waals surface area (Å²) in [5.41, 5.74) is 1.46. The highest BCUT2D eigenvalue weighted by Crippen LogP contribution is 2.16. The Morgan fingerprint density at radius 1 is 1.36 bits per heavy atom. The summed E-state index contributed by atoms with van der Waals surface area (Å²) < 4.78 is 1.58. The van der Waals surface area contributed by atoms with Gasteiger partial charge in [-0.25, -0.2) is 14.3 Å². The second-order valence-corrected chi connectivity index (χ2v) is 6.04. The van der Waals surface area contributed by atoms with Gasteiger partial charge in [0.25, 0.3) is 5.91 Å². The summed E-state index contributed by atoms with van der Waals surface area (Å²) in [7, 11) is 0. The van der Waals surface area contributed by atoms with E-state index in [2.05, 4.69) is 15.4 Å². The van der Waals surface area contributed by atoms with E-state index in [0.29, 0.717) is 23.6 Å². The van der Waals surface area contributed by atoms with Crippen LogP contribution in [0.5, 0.6) is 0 Å². The van der Waals surface area contributed by atoms with Gasteiger partial charge >= 0.3 is 6.03 Å². The number of hydrogen-bond donors (Lipinski definition) is 1. The Morgan fingerprint density at radius 3 is 2.82 bits per heavy atom. The first-order valence-corrected chi connectivity index (χ1v) is 7.45. The van der Waals surface area contributed by atoms with Gasteiger partial charge in [0.1, 0.15) is 11.1 Å². The van der Waals surface area contributed by atoms with E-state index in [0.717, 1.165) is 5.56 Å². The summed E-state index contributed by atoms with van der Waals surface area (Å²) in [5, 5.41) is 7.28. The maximum Gasteiger partial charge on any atom is 0.324 e. The quantitative estimate of drug-likeness (QED) is 0.865. The molecule has 0 bridgehead atoms. The van der Waals surface area contributed by atoms with Crippen LogP contribution < -0.4 is 5.32 Å². The zero-order chi connectivity index (χ0) is 15.9. The standard InChI is InChI=1S/C14H16ClN5O2/c1-8(2)11-13(21)19(14(22)18-11)4-3-9-5-16-12-10(15)6-17-20(12)7-9/h5-8,11H,3-4H2,1-2H3,(H,18,22)/t11-/m0/s1. The third kappa shape index (κ3) is 2.52. The first-order valence-electron chi connectivity index (χ1n) is 7.07. The van der Waals surface area contributed by atoms with E-state index in [1.807, 2.05) is 13.8 Å². The average Bonchev–Trinajstić information content (AvgIpc) is 2.98. The topological polar surface area (TPSA) is 79.6 Å². The maximum atomic E-state index is 12.2. The Balaban J connectivity index is 1.71. The van der Waals surface area contributed by atoms with E-state index in [9.17, 15) is 9.59 Å². The van der Waals surface area contributed by atoms with Gasteiger partial charge in [-0.15, -0.1) is 0 Å². The minimum absolute atomic E-state index is 0.0747. The molecule has 3 amide bonds. The number of fused-ring (bicyclic) bond motifs is 1. The fourth-order valence-electron chi connectivity index (χ4n) is 2.46. The van der Waals surface area contributed by atoms with Gasteiger partial charge in [0.2, 0.25) is 0 Å². The fraction of sp³-hybridized carbons (Fsp3) is 0.429. The number of rotatable bonds is 4. The van der Waals surface area contributed by atoms with Crippen molar-refractivity contribution in [2.45, 2.75) is 26.3 Å². The average molecular weight is 322 g/mol. The normalized spacial score (nSPS) is 18.5. The minimum atomic E-state index is -0.432. The molecule has 8 heteroatoms. The number of urea groups is 1. The number of halogens is 1. The molecule has 1 aliphatic rings. The Morgan fingerprint density at radius 2 is 2.14 bits per heavy atom. The molecule has 0 saturated carbocycles. The van der Waals surface area contributed by atoms with Gasteiger partial charge in [0, 0.05) is 18.9 Å². The summed E-state index contributed by atoms with van der Waals surface area (Å²) in [5.74, 6) is -0.0955. The van der Waals surface area contributed by atoms with Crippen molar-refractivity contribution in [1.29, 1.82) is 0 Å². The van der Waals surface area contributed by atoms with Crippen molar-refractivity contribution in [1.82, 2.24) is 24.8 Å². The fourth-order valence-corrected chi connectivity index (χ4v) is 2.64. The zero-order valence-corrected chi connectivity index (χ0v) is 13.0. The summed E-state index contributed by atoms with van der Waals surface area (Å²) >= 11 is 5.94. The molecule has 1 atom stereocenters. The van der Waals surface area contributed by atoms with Crippen molar-refractivity contribution < 1.29 is 9.59 Å².